The number of rotatable bonds is 0. The third kappa shape index (κ3) is 2.37. The van der Waals surface area contributed by atoms with Crippen LogP contribution in [0.1, 0.15) is 40.0 Å². The van der Waals surface area contributed by atoms with Gasteiger partial charge in [-0.15, -0.1) is 0 Å². The molecule has 3 heteroatoms. The van der Waals surface area contributed by atoms with Gasteiger partial charge >= 0.3 is 0 Å². The smallest absolute Gasteiger partial charge is 0.179 e. The second kappa shape index (κ2) is 4.97. The minimum absolute atomic E-state index is 0.183. The summed E-state index contributed by atoms with van der Waals surface area (Å²) in [5.41, 5.74) is 3.20. The van der Waals surface area contributed by atoms with Crippen LogP contribution in [0.3, 0.4) is 0 Å². The minimum atomic E-state index is -0.252. The van der Waals surface area contributed by atoms with Gasteiger partial charge in [0.05, 0.1) is 5.69 Å². The van der Waals surface area contributed by atoms with E-state index >= 15 is 0 Å². The van der Waals surface area contributed by atoms with Crippen molar-refractivity contribution < 1.29 is 9.18 Å². The van der Waals surface area contributed by atoms with Crippen LogP contribution in [-0.2, 0) is 6.54 Å². The zero-order valence-corrected chi connectivity index (χ0v) is 11.2. The number of aryl methyl sites for hydroxylation is 2. The molecular weight excluding hydrogens is 253 g/mol. The summed E-state index contributed by atoms with van der Waals surface area (Å²) in [6.07, 6.45) is 3.43. The van der Waals surface area contributed by atoms with Crippen molar-refractivity contribution in [3.05, 3.63) is 58.7 Å². The molecule has 2 nitrogen and oxygen atoms in total. The fourth-order valence-corrected chi connectivity index (χ4v) is 2.44. The predicted octanol–water partition coefficient (Wildman–Crippen LogP) is 3.31. The number of hydrogen-bond acceptors (Lipinski definition) is 1. The van der Waals surface area contributed by atoms with Crippen LogP contribution in [0.15, 0.2) is 30.5 Å². The molecule has 0 radical (unpaired) electrons. The van der Waals surface area contributed by atoms with Crippen molar-refractivity contribution in [1.29, 1.82) is 0 Å². The van der Waals surface area contributed by atoms with Gasteiger partial charge in [0.25, 0.3) is 0 Å². The molecule has 1 aromatic carbocycles. The Morgan fingerprint density at radius 2 is 2.10 bits per heavy atom. The van der Waals surface area contributed by atoms with Crippen LogP contribution in [0.5, 0.6) is 0 Å². The lowest BCUT2D eigenvalue weighted by molar-refractivity contribution is 0.0955. The lowest BCUT2D eigenvalue weighted by Crippen LogP contribution is -2.14. The average molecular weight is 267 g/mol. The van der Waals surface area contributed by atoms with Gasteiger partial charge in [0.15, 0.2) is 5.78 Å². The average Bonchev–Trinajstić information content (AvgIpc) is 2.82. The van der Waals surface area contributed by atoms with E-state index in [-0.39, 0.29) is 11.6 Å². The Bertz CT molecular complexity index is 746. The molecule has 0 aliphatic carbocycles. The van der Waals surface area contributed by atoms with Crippen LogP contribution in [0.25, 0.3) is 0 Å². The Labute approximate surface area is 117 Å². The summed E-state index contributed by atoms with van der Waals surface area (Å²) in [5, 5.41) is 0. The number of Topliss-reactive ketones (excluding diaryl/α,β-unsaturated/α-hetero) is 1. The highest BCUT2D eigenvalue weighted by atomic mass is 19.1. The summed E-state index contributed by atoms with van der Waals surface area (Å²) < 4.78 is 15.0. The highest BCUT2D eigenvalue weighted by Gasteiger charge is 2.17. The van der Waals surface area contributed by atoms with E-state index in [1.165, 1.54) is 12.1 Å². The fourth-order valence-electron chi connectivity index (χ4n) is 2.44. The number of benzene rings is 1. The van der Waals surface area contributed by atoms with E-state index in [9.17, 15) is 9.18 Å². The molecule has 0 N–H and O–H groups in total. The van der Waals surface area contributed by atoms with Gasteiger partial charge in [-0.05, 0) is 43.2 Å². The number of aromatic nitrogens is 1. The summed E-state index contributed by atoms with van der Waals surface area (Å²) in [7, 11) is 0. The van der Waals surface area contributed by atoms with Crippen LogP contribution in [0.4, 0.5) is 4.39 Å². The number of ketones is 1. The summed E-state index contributed by atoms with van der Waals surface area (Å²) >= 11 is 0. The molecule has 0 saturated heterocycles. The standard InChI is InChI=1S/C17H14FNO/c1-12-9-15(18)7-6-14(12)5-4-13-10-16-17(20)3-2-8-19(16)11-13/h6-7,9-11H,2-3,8H2,1H3. The molecule has 20 heavy (non-hydrogen) atoms. The van der Waals surface area contributed by atoms with Crippen molar-refractivity contribution in [3.8, 4) is 11.8 Å². The molecular formula is C17H14FNO. The highest BCUT2D eigenvalue weighted by molar-refractivity contribution is 5.95. The molecule has 0 amide bonds. The first-order chi connectivity index (χ1) is 9.63. The second-order valence-corrected chi connectivity index (χ2v) is 5.04. The van der Waals surface area contributed by atoms with E-state index in [0.29, 0.717) is 6.42 Å². The number of hydrogen-bond donors (Lipinski definition) is 0. The van der Waals surface area contributed by atoms with Crippen molar-refractivity contribution in [2.24, 2.45) is 0 Å². The number of fused-ring (bicyclic) bond motifs is 1. The number of nitrogens with zero attached hydrogens (tertiary/aromatic N) is 1. The molecule has 0 spiro atoms. The summed E-state index contributed by atoms with van der Waals surface area (Å²) in [5.74, 6) is 6.02. The summed E-state index contributed by atoms with van der Waals surface area (Å²) in [6, 6.07) is 6.40. The molecule has 1 aliphatic rings. The van der Waals surface area contributed by atoms with Gasteiger partial charge in [-0.3, -0.25) is 4.79 Å². The van der Waals surface area contributed by atoms with Crippen molar-refractivity contribution in [3.63, 3.8) is 0 Å². The van der Waals surface area contributed by atoms with Gasteiger partial charge in [-0.2, -0.15) is 0 Å². The molecule has 100 valence electrons. The highest BCUT2D eigenvalue weighted by Crippen LogP contribution is 2.18. The van der Waals surface area contributed by atoms with Gasteiger partial charge in [0.2, 0.25) is 0 Å². The lowest BCUT2D eigenvalue weighted by Gasteiger charge is -2.12. The Balaban J connectivity index is 1.92. The monoisotopic (exact) mass is 267 g/mol. The Kier molecular flexibility index (Phi) is 3.15. The van der Waals surface area contributed by atoms with Crippen molar-refractivity contribution in [2.75, 3.05) is 0 Å². The van der Waals surface area contributed by atoms with E-state index in [0.717, 1.165) is 35.3 Å². The maximum absolute atomic E-state index is 13.0. The maximum atomic E-state index is 13.0. The molecule has 0 atom stereocenters. The normalized spacial score (nSPS) is 13.6. The number of carbonyl (C=O) groups excluding carboxylic acids is 1. The molecule has 0 fully saturated rings. The van der Waals surface area contributed by atoms with Crippen molar-refractivity contribution >= 4 is 5.78 Å². The van der Waals surface area contributed by atoms with Gasteiger partial charge in [-0.1, -0.05) is 11.8 Å². The fraction of sp³-hybridized carbons (Fsp3) is 0.235. The zero-order valence-electron chi connectivity index (χ0n) is 11.2. The first kappa shape index (κ1) is 12.7. The van der Waals surface area contributed by atoms with Crippen LogP contribution < -0.4 is 0 Å². The molecule has 3 rings (SSSR count). The van der Waals surface area contributed by atoms with Crippen LogP contribution in [0.2, 0.25) is 0 Å². The molecule has 1 aliphatic heterocycles. The summed E-state index contributed by atoms with van der Waals surface area (Å²) in [4.78, 5) is 11.8. The molecule has 1 aromatic heterocycles. The Morgan fingerprint density at radius 1 is 1.25 bits per heavy atom. The first-order valence-electron chi connectivity index (χ1n) is 6.65. The topological polar surface area (TPSA) is 22.0 Å². The number of carbonyl (C=O) groups is 1. The second-order valence-electron chi connectivity index (χ2n) is 5.04. The first-order valence-corrected chi connectivity index (χ1v) is 6.65. The predicted molar refractivity (Wildman–Crippen MR) is 75.1 cm³/mol. The lowest BCUT2D eigenvalue weighted by atomic mass is 10.1. The Morgan fingerprint density at radius 3 is 2.85 bits per heavy atom. The third-order valence-electron chi connectivity index (χ3n) is 3.52. The van der Waals surface area contributed by atoms with E-state index in [4.69, 9.17) is 0 Å². The van der Waals surface area contributed by atoms with Gasteiger partial charge in [0, 0.05) is 30.3 Å². The Hall–Kier alpha value is -2.34. The number of halogens is 1. The minimum Gasteiger partial charge on any atom is -0.344 e. The van der Waals surface area contributed by atoms with E-state index < -0.39 is 0 Å². The van der Waals surface area contributed by atoms with Crippen molar-refractivity contribution in [2.45, 2.75) is 26.3 Å². The SMILES string of the molecule is Cc1cc(F)ccc1C#Cc1cc2n(c1)CCCC2=O. The van der Waals surface area contributed by atoms with E-state index in [1.54, 1.807) is 6.07 Å². The van der Waals surface area contributed by atoms with Gasteiger partial charge in [-0.25, -0.2) is 4.39 Å². The summed E-state index contributed by atoms with van der Waals surface area (Å²) in [6.45, 7) is 2.71. The van der Waals surface area contributed by atoms with Crippen molar-refractivity contribution in [1.82, 2.24) is 4.57 Å². The van der Waals surface area contributed by atoms with E-state index in [2.05, 4.69) is 11.8 Å². The molecule has 0 bridgehead atoms. The third-order valence-corrected chi connectivity index (χ3v) is 3.52. The maximum Gasteiger partial charge on any atom is 0.179 e. The van der Waals surface area contributed by atoms with Gasteiger partial charge in [0.1, 0.15) is 5.82 Å². The van der Waals surface area contributed by atoms with E-state index in [1.807, 2.05) is 23.8 Å². The largest absolute Gasteiger partial charge is 0.344 e. The molecule has 2 aromatic rings. The molecule has 0 unspecified atom stereocenters. The van der Waals surface area contributed by atoms with Crippen LogP contribution >= 0.6 is 0 Å². The van der Waals surface area contributed by atoms with Crippen LogP contribution in [0, 0.1) is 24.6 Å². The quantitative estimate of drug-likeness (QED) is 0.671. The zero-order chi connectivity index (χ0) is 14.1. The van der Waals surface area contributed by atoms with Gasteiger partial charge < -0.3 is 4.57 Å². The molecule has 2 heterocycles. The van der Waals surface area contributed by atoms with Crippen LogP contribution in [-0.4, -0.2) is 10.4 Å². The molecule has 0 saturated carbocycles.